The molecule has 2 atom stereocenters. The number of nitrogens with one attached hydrogen (secondary N) is 1. The summed E-state index contributed by atoms with van der Waals surface area (Å²) in [5, 5.41) is 4.13. The molecular formula is C24H23F3N4S. The Labute approximate surface area is 190 Å². The van der Waals surface area contributed by atoms with Crippen LogP contribution in [0.25, 0.3) is 5.69 Å². The van der Waals surface area contributed by atoms with E-state index in [1.54, 1.807) is 12.3 Å². The minimum absolute atomic E-state index is 0.176. The predicted molar refractivity (Wildman–Crippen MR) is 120 cm³/mol. The van der Waals surface area contributed by atoms with Gasteiger partial charge in [0.25, 0.3) is 0 Å². The summed E-state index contributed by atoms with van der Waals surface area (Å²) in [5.74, 6) is 0. The van der Waals surface area contributed by atoms with Crippen molar-refractivity contribution in [1.29, 1.82) is 0 Å². The summed E-state index contributed by atoms with van der Waals surface area (Å²) in [4.78, 5) is 6.81. The molecule has 2 aliphatic rings. The van der Waals surface area contributed by atoms with E-state index in [2.05, 4.69) is 15.2 Å². The molecule has 3 aromatic rings. The molecule has 8 heteroatoms. The Bertz CT molecular complexity index is 1110. The lowest BCUT2D eigenvalue weighted by Crippen LogP contribution is -2.38. The van der Waals surface area contributed by atoms with Gasteiger partial charge in [0.15, 0.2) is 5.11 Å². The molecule has 1 saturated carbocycles. The molecule has 5 rings (SSSR count). The molecule has 0 bridgehead atoms. The van der Waals surface area contributed by atoms with Gasteiger partial charge in [-0.15, -0.1) is 0 Å². The first-order valence-corrected chi connectivity index (χ1v) is 11.2. The summed E-state index contributed by atoms with van der Waals surface area (Å²) in [5.41, 5.74) is 1.56. The lowest BCUT2D eigenvalue weighted by Gasteiger charge is -2.33. The van der Waals surface area contributed by atoms with Crippen molar-refractivity contribution < 1.29 is 13.2 Å². The number of thiocarbonyl (C=S) groups is 1. The SMILES string of the molecule is FC(F)(F)c1cccc(-n2cccc2[C@H]2[C@H](c3ccccn3)NC(=S)N2C2CCCC2)c1. The van der Waals surface area contributed by atoms with Crippen LogP contribution in [0.15, 0.2) is 67.0 Å². The van der Waals surface area contributed by atoms with Crippen LogP contribution in [0, 0.1) is 0 Å². The van der Waals surface area contributed by atoms with Gasteiger partial charge in [-0.1, -0.05) is 25.0 Å². The van der Waals surface area contributed by atoms with Gasteiger partial charge in [0.05, 0.1) is 23.3 Å². The Morgan fingerprint density at radius 3 is 2.53 bits per heavy atom. The van der Waals surface area contributed by atoms with Crippen molar-refractivity contribution in [1.82, 2.24) is 19.8 Å². The summed E-state index contributed by atoms with van der Waals surface area (Å²) in [6, 6.07) is 15.0. The monoisotopic (exact) mass is 456 g/mol. The molecule has 1 N–H and O–H groups in total. The van der Waals surface area contributed by atoms with E-state index >= 15 is 0 Å². The Morgan fingerprint density at radius 1 is 1.00 bits per heavy atom. The number of benzene rings is 1. The molecule has 2 fully saturated rings. The van der Waals surface area contributed by atoms with Crippen molar-refractivity contribution in [2.24, 2.45) is 0 Å². The van der Waals surface area contributed by atoms with Gasteiger partial charge < -0.3 is 14.8 Å². The van der Waals surface area contributed by atoms with Gasteiger partial charge in [0.2, 0.25) is 0 Å². The maximum absolute atomic E-state index is 13.4. The van der Waals surface area contributed by atoms with Crippen LogP contribution in [0.1, 0.15) is 54.7 Å². The number of rotatable bonds is 4. The number of pyridine rings is 1. The molecule has 166 valence electrons. The molecule has 0 amide bonds. The highest BCUT2D eigenvalue weighted by atomic mass is 32.1. The third-order valence-corrected chi connectivity index (χ3v) is 6.72. The average Bonchev–Trinajstić information content (AvgIpc) is 3.53. The first kappa shape index (κ1) is 21.0. The second-order valence-corrected chi connectivity index (χ2v) is 8.71. The van der Waals surface area contributed by atoms with Gasteiger partial charge >= 0.3 is 6.18 Å². The topological polar surface area (TPSA) is 33.1 Å². The maximum atomic E-state index is 13.4. The molecule has 1 saturated heterocycles. The van der Waals surface area contributed by atoms with Crippen LogP contribution in [0.5, 0.6) is 0 Å². The highest BCUT2D eigenvalue weighted by Gasteiger charge is 2.44. The first-order chi connectivity index (χ1) is 15.4. The number of halogens is 3. The highest BCUT2D eigenvalue weighted by molar-refractivity contribution is 7.80. The maximum Gasteiger partial charge on any atom is 0.416 e. The van der Waals surface area contributed by atoms with Gasteiger partial charge in [-0.05, 0) is 67.5 Å². The van der Waals surface area contributed by atoms with Crippen LogP contribution in [-0.4, -0.2) is 25.6 Å². The molecule has 32 heavy (non-hydrogen) atoms. The molecule has 1 aliphatic heterocycles. The van der Waals surface area contributed by atoms with Crippen LogP contribution < -0.4 is 5.32 Å². The van der Waals surface area contributed by atoms with E-state index in [0.29, 0.717) is 16.8 Å². The van der Waals surface area contributed by atoms with E-state index in [4.69, 9.17) is 12.2 Å². The van der Waals surface area contributed by atoms with E-state index in [1.165, 1.54) is 12.1 Å². The van der Waals surface area contributed by atoms with E-state index < -0.39 is 11.7 Å². The second-order valence-electron chi connectivity index (χ2n) is 8.32. The molecule has 1 aliphatic carbocycles. The van der Waals surface area contributed by atoms with E-state index in [9.17, 15) is 13.2 Å². The Balaban J connectivity index is 1.61. The summed E-state index contributed by atoms with van der Waals surface area (Å²) in [7, 11) is 0. The number of hydrogen-bond donors (Lipinski definition) is 1. The van der Waals surface area contributed by atoms with E-state index in [0.717, 1.165) is 43.1 Å². The molecule has 3 heterocycles. The number of aromatic nitrogens is 2. The molecule has 2 aromatic heterocycles. The zero-order valence-corrected chi connectivity index (χ0v) is 18.1. The van der Waals surface area contributed by atoms with Crippen molar-refractivity contribution in [3.05, 3.63) is 83.9 Å². The van der Waals surface area contributed by atoms with Crippen LogP contribution in [-0.2, 0) is 6.18 Å². The normalized spacial score (nSPS) is 21.8. The van der Waals surface area contributed by atoms with Gasteiger partial charge in [0.1, 0.15) is 0 Å². The fourth-order valence-electron chi connectivity index (χ4n) is 4.96. The Morgan fingerprint density at radius 2 is 1.81 bits per heavy atom. The highest BCUT2D eigenvalue weighted by Crippen LogP contribution is 2.43. The molecule has 1 aromatic carbocycles. The lowest BCUT2D eigenvalue weighted by molar-refractivity contribution is -0.137. The quantitative estimate of drug-likeness (QED) is 0.503. The fourth-order valence-corrected chi connectivity index (χ4v) is 5.35. The predicted octanol–water partition coefficient (Wildman–Crippen LogP) is 5.81. The van der Waals surface area contributed by atoms with Crippen LogP contribution >= 0.6 is 12.2 Å². The van der Waals surface area contributed by atoms with E-state index in [1.807, 2.05) is 41.1 Å². The van der Waals surface area contributed by atoms with Crippen molar-refractivity contribution >= 4 is 17.3 Å². The Hall–Kier alpha value is -2.87. The largest absolute Gasteiger partial charge is 0.416 e. The zero-order chi connectivity index (χ0) is 22.3. The van der Waals surface area contributed by atoms with Crippen LogP contribution in [0.3, 0.4) is 0 Å². The van der Waals surface area contributed by atoms with Crippen molar-refractivity contribution in [2.45, 2.75) is 50.0 Å². The standard InChI is InChI=1S/C24H23F3N4S/c25-24(26,27)16-7-5-10-18(15-16)30-14-6-12-20(30)22-21(19-11-3-4-13-28-19)29-23(32)31(22)17-8-1-2-9-17/h3-7,10-15,17,21-22H,1-2,8-9H2,(H,29,32)/t21-,22-/m0/s1. The van der Waals surface area contributed by atoms with Crippen molar-refractivity contribution in [3.8, 4) is 5.69 Å². The molecule has 0 radical (unpaired) electrons. The summed E-state index contributed by atoms with van der Waals surface area (Å²) in [6.07, 6.45) is 3.58. The van der Waals surface area contributed by atoms with Gasteiger partial charge in [0, 0.05) is 29.8 Å². The molecule has 4 nitrogen and oxygen atoms in total. The fraction of sp³-hybridized carbons (Fsp3) is 0.333. The molecule has 0 spiro atoms. The summed E-state index contributed by atoms with van der Waals surface area (Å²) in [6.45, 7) is 0. The number of nitrogens with zero attached hydrogens (tertiary/aromatic N) is 3. The van der Waals surface area contributed by atoms with Gasteiger partial charge in [-0.3, -0.25) is 4.98 Å². The van der Waals surface area contributed by atoms with Crippen molar-refractivity contribution in [2.75, 3.05) is 0 Å². The molecule has 0 unspecified atom stereocenters. The van der Waals surface area contributed by atoms with Gasteiger partial charge in [-0.2, -0.15) is 13.2 Å². The van der Waals surface area contributed by atoms with Crippen molar-refractivity contribution in [3.63, 3.8) is 0 Å². The Kier molecular flexibility index (Phi) is 5.41. The zero-order valence-electron chi connectivity index (χ0n) is 17.3. The second kappa shape index (κ2) is 8.24. The minimum atomic E-state index is -4.40. The van der Waals surface area contributed by atoms with Crippen LogP contribution in [0.4, 0.5) is 13.2 Å². The smallest absolute Gasteiger partial charge is 0.352 e. The third-order valence-electron chi connectivity index (χ3n) is 6.39. The first-order valence-electron chi connectivity index (χ1n) is 10.8. The lowest BCUT2D eigenvalue weighted by atomic mass is 9.99. The van der Waals surface area contributed by atoms with Gasteiger partial charge in [-0.25, -0.2) is 0 Å². The average molecular weight is 457 g/mol. The minimum Gasteiger partial charge on any atom is -0.352 e. The van der Waals surface area contributed by atoms with Crippen LogP contribution in [0.2, 0.25) is 0 Å². The summed E-state index contributed by atoms with van der Waals surface area (Å²) >= 11 is 5.76. The third kappa shape index (κ3) is 3.77. The van der Waals surface area contributed by atoms with E-state index in [-0.39, 0.29) is 12.1 Å². The molecular weight excluding hydrogens is 433 g/mol. The number of alkyl halides is 3. The number of hydrogen-bond acceptors (Lipinski definition) is 2. The summed E-state index contributed by atoms with van der Waals surface area (Å²) < 4.78 is 41.9.